The third-order valence-electron chi connectivity index (χ3n) is 5.42. The number of ketones is 1. The number of carbonyl (C=O) groups excluding carboxylic acids is 3. The number of esters is 2. The zero-order chi connectivity index (χ0) is 22.4. The normalized spacial score (nSPS) is 30.0. The van der Waals surface area contributed by atoms with E-state index in [1.807, 2.05) is 0 Å². The molecule has 4 aliphatic rings. The van der Waals surface area contributed by atoms with Crippen LogP contribution in [0.5, 0.6) is 0 Å². The van der Waals surface area contributed by atoms with Crippen molar-refractivity contribution in [1.82, 2.24) is 6.15 Å². The lowest BCUT2D eigenvalue weighted by molar-refractivity contribution is -0.159. The van der Waals surface area contributed by atoms with E-state index in [0.29, 0.717) is 24.1 Å². The smallest absolute Gasteiger partial charge is 0.335 e. The molecule has 0 aromatic carbocycles. The maximum absolute atomic E-state index is 11.6. The van der Waals surface area contributed by atoms with Crippen molar-refractivity contribution in [1.29, 1.82) is 0 Å². The van der Waals surface area contributed by atoms with Crippen LogP contribution in [0.15, 0.2) is 11.3 Å². The number of fused-ring (bicyclic) bond motifs is 4. The van der Waals surface area contributed by atoms with E-state index in [-0.39, 0.29) is 42.3 Å². The molecular formula is C20H32N2O9. The number of hydrogen-bond donors (Lipinski definition) is 3. The van der Waals surface area contributed by atoms with E-state index in [4.69, 9.17) is 25.1 Å². The number of aliphatic carboxylic acids is 1. The Morgan fingerprint density at radius 1 is 1.00 bits per heavy atom. The molecule has 3 saturated heterocycles. The lowest BCUT2D eigenvalue weighted by atomic mass is 9.94. The first-order valence-corrected chi connectivity index (χ1v) is 9.86. The second-order valence-corrected chi connectivity index (χ2v) is 7.51. The van der Waals surface area contributed by atoms with E-state index >= 15 is 0 Å². The van der Waals surface area contributed by atoms with Gasteiger partial charge in [0.1, 0.15) is 12.0 Å². The summed E-state index contributed by atoms with van der Waals surface area (Å²) >= 11 is 0. The van der Waals surface area contributed by atoms with Gasteiger partial charge in [-0.25, -0.2) is 4.79 Å². The van der Waals surface area contributed by atoms with Gasteiger partial charge in [0.15, 0.2) is 5.78 Å². The fourth-order valence-electron chi connectivity index (χ4n) is 4.00. The molecule has 6 N–H and O–H groups in total. The van der Waals surface area contributed by atoms with E-state index in [2.05, 4.69) is 9.47 Å². The summed E-state index contributed by atoms with van der Waals surface area (Å²) in [5.74, 6) is -2.22. The van der Waals surface area contributed by atoms with E-state index < -0.39 is 17.9 Å². The highest BCUT2D eigenvalue weighted by atomic mass is 16.5. The van der Waals surface area contributed by atoms with E-state index in [9.17, 15) is 14.4 Å². The van der Waals surface area contributed by atoms with Crippen molar-refractivity contribution in [2.45, 2.75) is 69.9 Å². The summed E-state index contributed by atoms with van der Waals surface area (Å²) in [6, 6.07) is 0. The van der Waals surface area contributed by atoms with Gasteiger partial charge in [0.25, 0.3) is 5.97 Å². The fraction of sp³-hybridized carbons (Fsp3) is 0.700. The van der Waals surface area contributed by atoms with E-state index in [1.54, 1.807) is 0 Å². The number of methoxy groups -OCH3 is 2. The minimum atomic E-state index is -0.833. The zero-order valence-corrected chi connectivity index (χ0v) is 18.1. The van der Waals surface area contributed by atoms with E-state index in [1.165, 1.54) is 14.2 Å². The quantitative estimate of drug-likeness (QED) is 0.405. The number of carboxylic acids is 1. The summed E-state index contributed by atoms with van der Waals surface area (Å²) < 4.78 is 20.1. The molecule has 0 spiro atoms. The van der Waals surface area contributed by atoms with Crippen LogP contribution in [-0.4, -0.2) is 67.4 Å². The first kappa shape index (κ1) is 26.5. The zero-order valence-electron chi connectivity index (χ0n) is 18.1. The highest BCUT2D eigenvalue weighted by Crippen LogP contribution is 2.35. The number of hydrogen-bond acceptors (Lipinski definition) is 10. The van der Waals surface area contributed by atoms with Crippen molar-refractivity contribution >= 4 is 23.7 Å². The first-order valence-electron chi connectivity index (χ1n) is 9.86. The van der Waals surface area contributed by atoms with Crippen molar-refractivity contribution in [2.75, 3.05) is 14.2 Å². The van der Waals surface area contributed by atoms with Crippen LogP contribution in [0.25, 0.3) is 0 Å². The molecule has 3 fully saturated rings. The Kier molecular flexibility index (Phi) is 10.1. The fourth-order valence-corrected chi connectivity index (χ4v) is 4.00. The maximum atomic E-state index is 11.6. The highest BCUT2D eigenvalue weighted by Gasteiger charge is 2.45. The molecule has 4 heterocycles. The molecule has 4 aliphatic heterocycles. The van der Waals surface area contributed by atoms with Gasteiger partial charge in [0.05, 0.1) is 38.1 Å². The average molecular weight is 444 g/mol. The molecule has 11 heteroatoms. The number of ether oxygens (including phenoxy) is 4. The van der Waals surface area contributed by atoms with Crippen LogP contribution < -0.4 is 11.9 Å². The molecule has 0 radical (unpaired) electrons. The van der Waals surface area contributed by atoms with Gasteiger partial charge < -0.3 is 35.9 Å². The number of rotatable bonds is 2. The maximum Gasteiger partial charge on any atom is 0.335 e. The molecule has 0 amide bonds. The third kappa shape index (κ3) is 6.74. The lowest BCUT2D eigenvalue weighted by Crippen LogP contribution is -2.40. The van der Waals surface area contributed by atoms with Crippen LogP contribution >= 0.6 is 0 Å². The molecular weight excluding hydrogens is 412 g/mol. The van der Waals surface area contributed by atoms with Gasteiger partial charge in [-0.15, -0.1) is 0 Å². The molecule has 5 unspecified atom stereocenters. The van der Waals surface area contributed by atoms with Crippen LogP contribution in [-0.2, 0) is 38.1 Å². The van der Waals surface area contributed by atoms with Gasteiger partial charge >= 0.3 is 11.9 Å². The summed E-state index contributed by atoms with van der Waals surface area (Å²) in [6.07, 6.45) is 4.55. The highest BCUT2D eigenvalue weighted by molar-refractivity contribution is 6.02. The van der Waals surface area contributed by atoms with Crippen LogP contribution in [0.1, 0.15) is 45.4 Å². The van der Waals surface area contributed by atoms with Crippen molar-refractivity contribution < 1.29 is 43.2 Å². The van der Waals surface area contributed by atoms with E-state index in [0.717, 1.165) is 32.6 Å². The summed E-state index contributed by atoms with van der Waals surface area (Å²) in [6.45, 7) is 1.08. The van der Waals surface area contributed by atoms with Gasteiger partial charge in [0.2, 0.25) is 0 Å². The number of Topliss-reactive ketones (excluding diaryl/α,β-unsaturated/α-hetero) is 1. The van der Waals surface area contributed by atoms with Crippen LogP contribution in [0, 0.1) is 5.92 Å². The molecule has 176 valence electrons. The van der Waals surface area contributed by atoms with Crippen molar-refractivity contribution in [2.24, 2.45) is 11.7 Å². The SMILES string of the molecule is CC(=O)O.COC(=O)C1=C(N)C2CCC(C1)O2.COC(=O)C1CC2CCC(O2)C1=O.N. The monoisotopic (exact) mass is 444 g/mol. The van der Waals surface area contributed by atoms with Gasteiger partial charge in [-0.2, -0.15) is 0 Å². The van der Waals surface area contributed by atoms with Gasteiger partial charge in [-0.3, -0.25) is 14.4 Å². The predicted molar refractivity (Wildman–Crippen MR) is 107 cm³/mol. The van der Waals surface area contributed by atoms with Crippen molar-refractivity contribution in [3.8, 4) is 0 Å². The number of carboxylic acid groups (broad SMARTS) is 1. The topological polar surface area (TPSA) is 186 Å². The summed E-state index contributed by atoms with van der Waals surface area (Å²) in [5.41, 5.74) is 6.97. The summed E-state index contributed by atoms with van der Waals surface area (Å²) in [5, 5.41) is 7.42. The van der Waals surface area contributed by atoms with Crippen LogP contribution in [0.3, 0.4) is 0 Å². The molecule has 0 aliphatic carbocycles. The molecule has 4 bridgehead atoms. The largest absolute Gasteiger partial charge is 0.481 e. The van der Waals surface area contributed by atoms with Crippen LogP contribution in [0.2, 0.25) is 0 Å². The molecule has 31 heavy (non-hydrogen) atoms. The number of carbonyl (C=O) groups is 4. The average Bonchev–Trinajstić information content (AvgIpc) is 3.31. The predicted octanol–water partition coefficient (Wildman–Crippen LogP) is 0.872. The van der Waals surface area contributed by atoms with Crippen molar-refractivity contribution in [3.05, 3.63) is 11.3 Å². The Morgan fingerprint density at radius 2 is 1.55 bits per heavy atom. The second-order valence-electron chi connectivity index (χ2n) is 7.51. The Labute approximate surface area is 180 Å². The molecule has 4 rings (SSSR count). The molecule has 5 atom stereocenters. The lowest BCUT2D eigenvalue weighted by Gasteiger charge is -2.24. The Hall–Kier alpha value is -2.50. The Morgan fingerprint density at radius 3 is 2.13 bits per heavy atom. The minimum Gasteiger partial charge on any atom is -0.481 e. The molecule has 11 nitrogen and oxygen atoms in total. The van der Waals surface area contributed by atoms with Crippen molar-refractivity contribution in [3.63, 3.8) is 0 Å². The second kappa shape index (κ2) is 11.8. The molecule has 0 aromatic rings. The summed E-state index contributed by atoms with van der Waals surface area (Å²) in [4.78, 5) is 43.0. The van der Waals surface area contributed by atoms with Gasteiger partial charge in [0, 0.05) is 19.0 Å². The first-order chi connectivity index (χ1) is 14.2. The minimum absolute atomic E-state index is 0. The molecule has 0 saturated carbocycles. The Balaban J connectivity index is 0.000000258. The standard InChI is InChI=1S/C9H13NO3.C9H12O4.C2H4O2.H3N/c2*1-12-9(11)6-4-5-2-3-7(13-5)8(6)10;1-2(3)4;/h5,7H,2-4,10H2,1H3;5-7H,2-4H2,1H3;1H3,(H,3,4);1H3. The van der Waals surface area contributed by atoms with Gasteiger partial charge in [-0.05, 0) is 32.1 Å². The van der Waals surface area contributed by atoms with Gasteiger partial charge in [-0.1, -0.05) is 0 Å². The number of nitrogens with two attached hydrogens (primary N) is 1. The molecule has 0 aromatic heterocycles. The summed E-state index contributed by atoms with van der Waals surface area (Å²) in [7, 11) is 2.69. The van der Waals surface area contributed by atoms with Crippen LogP contribution in [0.4, 0.5) is 0 Å². The Bertz CT molecular complexity index is 717. The third-order valence-corrected chi connectivity index (χ3v) is 5.42.